The summed E-state index contributed by atoms with van der Waals surface area (Å²) in [6.07, 6.45) is 0. The maximum Gasteiger partial charge on any atom is 0.338 e. The number of ketones is 1. The van der Waals surface area contributed by atoms with E-state index in [9.17, 15) is 14.4 Å². The highest BCUT2D eigenvalue weighted by molar-refractivity contribution is 6.51. The SMILES string of the molecule is CCOC(=O)c1ccc(N2C(=O)C(=O)C(=C(N)c3ccc(OC)cc3)C2c2ccccc2)cc1. The number of benzene rings is 3. The number of methoxy groups -OCH3 is 1. The van der Waals surface area contributed by atoms with E-state index < -0.39 is 23.7 Å². The first kappa shape index (κ1) is 22.8. The second-order valence-electron chi connectivity index (χ2n) is 7.64. The van der Waals surface area contributed by atoms with Crippen LogP contribution in [-0.4, -0.2) is 31.4 Å². The first-order chi connectivity index (χ1) is 16.5. The lowest BCUT2D eigenvalue weighted by molar-refractivity contribution is -0.132. The molecule has 3 aromatic carbocycles. The summed E-state index contributed by atoms with van der Waals surface area (Å²) in [6.45, 7) is 1.99. The van der Waals surface area contributed by atoms with Gasteiger partial charge in [0.15, 0.2) is 0 Å². The van der Waals surface area contributed by atoms with Crippen LogP contribution in [0, 0.1) is 0 Å². The second kappa shape index (κ2) is 9.62. The third-order valence-electron chi connectivity index (χ3n) is 5.65. The van der Waals surface area contributed by atoms with Crippen LogP contribution in [0.5, 0.6) is 5.75 Å². The van der Waals surface area contributed by atoms with E-state index in [0.717, 1.165) is 5.56 Å². The molecule has 0 aromatic heterocycles. The Balaban J connectivity index is 1.83. The average Bonchev–Trinajstić information content (AvgIpc) is 3.14. The number of anilines is 1. The van der Waals surface area contributed by atoms with Crippen molar-refractivity contribution in [3.05, 3.63) is 101 Å². The number of Topliss-reactive ketones (excluding diaryl/α,β-unsaturated/α-hetero) is 1. The monoisotopic (exact) mass is 456 g/mol. The number of nitrogens with zero attached hydrogens (tertiary/aromatic N) is 1. The number of hydrogen-bond donors (Lipinski definition) is 1. The van der Waals surface area contributed by atoms with Crippen molar-refractivity contribution in [3.63, 3.8) is 0 Å². The van der Waals surface area contributed by atoms with E-state index in [1.54, 1.807) is 62.6 Å². The molecule has 3 aromatic rings. The normalized spacial score (nSPS) is 17.0. The number of hydrogen-bond acceptors (Lipinski definition) is 6. The number of carbonyl (C=O) groups excluding carboxylic acids is 3. The zero-order valence-electron chi connectivity index (χ0n) is 18.9. The molecule has 1 heterocycles. The molecule has 1 aliphatic heterocycles. The Morgan fingerprint density at radius 3 is 2.12 bits per heavy atom. The molecule has 1 unspecified atom stereocenters. The van der Waals surface area contributed by atoms with Crippen LogP contribution >= 0.6 is 0 Å². The van der Waals surface area contributed by atoms with E-state index in [1.807, 2.05) is 30.3 Å². The quantitative estimate of drug-likeness (QED) is 0.343. The average molecular weight is 456 g/mol. The highest BCUT2D eigenvalue weighted by Gasteiger charge is 2.46. The van der Waals surface area contributed by atoms with Crippen LogP contribution in [0.3, 0.4) is 0 Å². The minimum absolute atomic E-state index is 0.204. The van der Waals surface area contributed by atoms with Crippen molar-refractivity contribution in [2.24, 2.45) is 5.73 Å². The Kier molecular flexibility index (Phi) is 6.45. The van der Waals surface area contributed by atoms with Gasteiger partial charge in [-0.2, -0.15) is 0 Å². The van der Waals surface area contributed by atoms with Gasteiger partial charge >= 0.3 is 5.97 Å². The lowest BCUT2D eigenvalue weighted by Crippen LogP contribution is -2.29. The second-order valence-corrected chi connectivity index (χ2v) is 7.64. The number of esters is 1. The molecule has 0 bridgehead atoms. The summed E-state index contributed by atoms with van der Waals surface area (Å²) in [4.78, 5) is 39.9. The number of rotatable bonds is 6. The molecule has 1 atom stereocenters. The predicted molar refractivity (Wildman–Crippen MR) is 128 cm³/mol. The molecule has 1 saturated heterocycles. The molecule has 4 rings (SSSR count). The third-order valence-corrected chi connectivity index (χ3v) is 5.65. The van der Waals surface area contributed by atoms with Crippen LogP contribution in [0.1, 0.15) is 34.5 Å². The molecule has 34 heavy (non-hydrogen) atoms. The van der Waals surface area contributed by atoms with Gasteiger partial charge in [0.2, 0.25) is 0 Å². The summed E-state index contributed by atoms with van der Waals surface area (Å²) in [5.74, 6) is -1.17. The standard InChI is InChI=1S/C27H24N2O5/c1-3-34-27(32)19-9-13-20(14-10-19)29-24(18-7-5-4-6-8-18)22(25(30)26(29)31)23(28)17-11-15-21(33-2)16-12-17/h4-16,24H,3,28H2,1-2H3. The van der Waals surface area contributed by atoms with E-state index in [-0.39, 0.29) is 17.9 Å². The number of amides is 1. The molecule has 1 fully saturated rings. The lowest BCUT2D eigenvalue weighted by Gasteiger charge is -2.26. The molecular formula is C27H24N2O5. The van der Waals surface area contributed by atoms with Crippen LogP contribution in [-0.2, 0) is 14.3 Å². The first-order valence-corrected chi connectivity index (χ1v) is 10.8. The fourth-order valence-corrected chi connectivity index (χ4v) is 3.98. The van der Waals surface area contributed by atoms with Crippen molar-refractivity contribution in [1.82, 2.24) is 0 Å². The number of ether oxygens (including phenoxy) is 2. The van der Waals surface area contributed by atoms with E-state index in [2.05, 4.69) is 0 Å². The van der Waals surface area contributed by atoms with Crippen molar-refractivity contribution in [2.45, 2.75) is 13.0 Å². The third kappa shape index (κ3) is 4.15. The maximum atomic E-state index is 13.2. The summed E-state index contributed by atoms with van der Waals surface area (Å²) < 4.78 is 10.2. The Morgan fingerprint density at radius 2 is 1.53 bits per heavy atom. The fraction of sp³-hybridized carbons (Fsp3) is 0.148. The van der Waals surface area contributed by atoms with Gasteiger partial charge in [0.25, 0.3) is 11.7 Å². The Bertz CT molecular complexity index is 1250. The smallest absolute Gasteiger partial charge is 0.338 e. The largest absolute Gasteiger partial charge is 0.497 e. The molecule has 7 nitrogen and oxygen atoms in total. The zero-order chi connectivity index (χ0) is 24.2. The van der Waals surface area contributed by atoms with Crippen LogP contribution in [0.2, 0.25) is 0 Å². The van der Waals surface area contributed by atoms with Crippen molar-refractivity contribution in [1.29, 1.82) is 0 Å². The fourth-order valence-electron chi connectivity index (χ4n) is 3.98. The maximum absolute atomic E-state index is 13.2. The molecule has 1 aliphatic rings. The van der Waals surface area contributed by atoms with E-state index in [0.29, 0.717) is 22.6 Å². The number of nitrogens with two attached hydrogens (primary N) is 1. The molecule has 0 aliphatic carbocycles. The Labute approximate surface area is 197 Å². The van der Waals surface area contributed by atoms with Crippen LogP contribution < -0.4 is 15.4 Å². The summed E-state index contributed by atoms with van der Waals surface area (Å²) in [7, 11) is 1.56. The molecular weight excluding hydrogens is 432 g/mol. The highest BCUT2D eigenvalue weighted by atomic mass is 16.5. The zero-order valence-corrected chi connectivity index (χ0v) is 18.9. The predicted octanol–water partition coefficient (Wildman–Crippen LogP) is 3.90. The molecule has 7 heteroatoms. The van der Waals surface area contributed by atoms with E-state index in [4.69, 9.17) is 15.2 Å². The van der Waals surface area contributed by atoms with Crippen molar-refractivity contribution in [3.8, 4) is 5.75 Å². The van der Waals surface area contributed by atoms with Gasteiger partial charge in [-0.25, -0.2) is 4.79 Å². The van der Waals surface area contributed by atoms with E-state index in [1.165, 1.54) is 4.90 Å². The minimum Gasteiger partial charge on any atom is -0.497 e. The van der Waals surface area contributed by atoms with Crippen LogP contribution in [0.4, 0.5) is 5.69 Å². The van der Waals surface area contributed by atoms with Gasteiger partial charge in [0.1, 0.15) is 5.75 Å². The lowest BCUT2D eigenvalue weighted by atomic mass is 9.94. The molecule has 0 spiro atoms. The Hall–Kier alpha value is -4.39. The summed E-state index contributed by atoms with van der Waals surface area (Å²) >= 11 is 0. The van der Waals surface area contributed by atoms with Crippen molar-refractivity contribution in [2.75, 3.05) is 18.6 Å². The number of carbonyl (C=O) groups is 3. The molecule has 172 valence electrons. The van der Waals surface area contributed by atoms with Gasteiger partial charge in [0.05, 0.1) is 30.9 Å². The molecule has 0 saturated carbocycles. The molecule has 2 N–H and O–H groups in total. The summed E-state index contributed by atoms with van der Waals surface area (Å²) in [6, 6.07) is 21.9. The van der Waals surface area contributed by atoms with Gasteiger partial charge in [-0.1, -0.05) is 30.3 Å². The molecule has 0 radical (unpaired) electrons. The van der Waals surface area contributed by atoms with Gasteiger partial charge in [0, 0.05) is 11.4 Å². The van der Waals surface area contributed by atoms with Gasteiger partial charge in [-0.05, 0) is 66.6 Å². The van der Waals surface area contributed by atoms with Crippen LogP contribution in [0.15, 0.2) is 84.4 Å². The van der Waals surface area contributed by atoms with Gasteiger partial charge in [-0.15, -0.1) is 0 Å². The minimum atomic E-state index is -0.725. The highest BCUT2D eigenvalue weighted by Crippen LogP contribution is 2.41. The first-order valence-electron chi connectivity index (χ1n) is 10.8. The van der Waals surface area contributed by atoms with Crippen molar-refractivity contribution >= 4 is 29.0 Å². The van der Waals surface area contributed by atoms with Gasteiger partial charge < -0.3 is 15.2 Å². The summed E-state index contributed by atoms with van der Waals surface area (Å²) in [5.41, 5.74) is 9.09. The summed E-state index contributed by atoms with van der Waals surface area (Å²) in [5, 5.41) is 0. The van der Waals surface area contributed by atoms with Crippen molar-refractivity contribution < 1.29 is 23.9 Å². The molecule has 1 amide bonds. The Morgan fingerprint density at radius 1 is 0.912 bits per heavy atom. The van der Waals surface area contributed by atoms with Crippen LogP contribution in [0.25, 0.3) is 5.70 Å². The topological polar surface area (TPSA) is 98.9 Å². The van der Waals surface area contributed by atoms with Gasteiger partial charge in [-0.3, -0.25) is 14.5 Å². The van der Waals surface area contributed by atoms with E-state index >= 15 is 0 Å².